The molecule has 0 spiro atoms. The molecule has 5 heteroatoms. The van der Waals surface area contributed by atoms with E-state index >= 15 is 0 Å². The SMILES string of the molecule is CC(C)(C)c1[nH]ncc1CN1CCN(CCO)CC1. The molecule has 5 nitrogen and oxygen atoms in total. The maximum Gasteiger partial charge on any atom is 0.0558 e. The molecule has 0 saturated carbocycles. The average Bonchev–Trinajstić information content (AvgIpc) is 2.80. The van der Waals surface area contributed by atoms with Gasteiger partial charge in [0.2, 0.25) is 0 Å². The summed E-state index contributed by atoms with van der Waals surface area (Å²) < 4.78 is 0. The lowest BCUT2D eigenvalue weighted by Crippen LogP contribution is -2.46. The van der Waals surface area contributed by atoms with Crippen LogP contribution < -0.4 is 0 Å². The molecule has 1 saturated heterocycles. The van der Waals surface area contributed by atoms with E-state index in [1.807, 2.05) is 6.20 Å². The van der Waals surface area contributed by atoms with Crippen LogP contribution in [0, 0.1) is 0 Å². The Hall–Kier alpha value is -0.910. The van der Waals surface area contributed by atoms with Gasteiger partial charge >= 0.3 is 0 Å². The minimum Gasteiger partial charge on any atom is -0.395 e. The lowest BCUT2D eigenvalue weighted by atomic mass is 9.89. The zero-order chi connectivity index (χ0) is 13.9. The molecule has 1 fully saturated rings. The van der Waals surface area contributed by atoms with Gasteiger partial charge in [0.05, 0.1) is 12.8 Å². The molecule has 0 atom stereocenters. The summed E-state index contributed by atoms with van der Waals surface area (Å²) in [6, 6.07) is 0. The summed E-state index contributed by atoms with van der Waals surface area (Å²) in [5, 5.41) is 16.3. The van der Waals surface area contributed by atoms with Crippen LogP contribution in [0.3, 0.4) is 0 Å². The van der Waals surface area contributed by atoms with Crippen molar-refractivity contribution in [3.8, 4) is 0 Å². The first-order chi connectivity index (χ1) is 9.00. The number of aliphatic hydroxyl groups excluding tert-OH is 1. The minimum absolute atomic E-state index is 0.116. The van der Waals surface area contributed by atoms with Gasteiger partial charge in [0.1, 0.15) is 0 Å². The van der Waals surface area contributed by atoms with Crippen molar-refractivity contribution in [3.05, 3.63) is 17.5 Å². The first kappa shape index (κ1) is 14.5. The topological polar surface area (TPSA) is 55.4 Å². The Kier molecular flexibility index (Phi) is 4.60. The monoisotopic (exact) mass is 266 g/mol. The summed E-state index contributed by atoms with van der Waals surface area (Å²) in [6.07, 6.45) is 1.96. The summed E-state index contributed by atoms with van der Waals surface area (Å²) in [5.74, 6) is 0. The van der Waals surface area contributed by atoms with Gasteiger partial charge in [0, 0.05) is 55.9 Å². The Labute approximate surface area is 115 Å². The van der Waals surface area contributed by atoms with Crippen molar-refractivity contribution in [1.29, 1.82) is 0 Å². The number of β-amino-alcohol motifs (C(OH)–C–C–N with tert-alkyl or cyclic N) is 1. The van der Waals surface area contributed by atoms with Crippen molar-refractivity contribution in [2.24, 2.45) is 0 Å². The molecular formula is C14H26N4O. The molecule has 1 aromatic heterocycles. The van der Waals surface area contributed by atoms with Crippen LogP contribution in [-0.2, 0) is 12.0 Å². The lowest BCUT2D eigenvalue weighted by molar-refractivity contribution is 0.108. The predicted octanol–water partition coefficient (Wildman–Crippen LogP) is 0.817. The van der Waals surface area contributed by atoms with Crippen molar-refractivity contribution in [3.63, 3.8) is 0 Å². The number of aromatic amines is 1. The van der Waals surface area contributed by atoms with Crippen molar-refractivity contribution in [1.82, 2.24) is 20.0 Å². The fourth-order valence-corrected chi connectivity index (χ4v) is 2.63. The van der Waals surface area contributed by atoms with Crippen LogP contribution in [0.2, 0.25) is 0 Å². The average molecular weight is 266 g/mol. The fourth-order valence-electron chi connectivity index (χ4n) is 2.63. The van der Waals surface area contributed by atoms with E-state index in [1.54, 1.807) is 0 Å². The van der Waals surface area contributed by atoms with Gasteiger partial charge in [-0.25, -0.2) is 0 Å². The number of nitrogens with one attached hydrogen (secondary N) is 1. The summed E-state index contributed by atoms with van der Waals surface area (Å²) in [7, 11) is 0. The molecule has 0 amide bonds. The summed E-state index contributed by atoms with van der Waals surface area (Å²) >= 11 is 0. The summed E-state index contributed by atoms with van der Waals surface area (Å²) in [4.78, 5) is 4.78. The van der Waals surface area contributed by atoms with Crippen LogP contribution in [-0.4, -0.2) is 64.4 Å². The van der Waals surface area contributed by atoms with E-state index in [2.05, 4.69) is 40.8 Å². The zero-order valence-corrected chi connectivity index (χ0v) is 12.3. The van der Waals surface area contributed by atoms with E-state index in [-0.39, 0.29) is 12.0 Å². The van der Waals surface area contributed by atoms with Gasteiger partial charge in [-0.3, -0.25) is 14.9 Å². The second kappa shape index (κ2) is 6.03. The third-order valence-corrected chi connectivity index (χ3v) is 3.74. The molecular weight excluding hydrogens is 240 g/mol. The Balaban J connectivity index is 1.91. The van der Waals surface area contributed by atoms with Gasteiger partial charge in [-0.05, 0) is 0 Å². The number of H-pyrrole nitrogens is 1. The Morgan fingerprint density at radius 3 is 2.42 bits per heavy atom. The maximum absolute atomic E-state index is 8.95. The number of hydrogen-bond acceptors (Lipinski definition) is 4. The Morgan fingerprint density at radius 1 is 1.21 bits per heavy atom. The first-order valence-corrected chi connectivity index (χ1v) is 7.09. The Morgan fingerprint density at radius 2 is 1.84 bits per heavy atom. The van der Waals surface area contributed by atoms with Gasteiger partial charge < -0.3 is 5.11 Å². The van der Waals surface area contributed by atoms with Crippen LogP contribution in [0.4, 0.5) is 0 Å². The Bertz CT molecular complexity index is 388. The van der Waals surface area contributed by atoms with E-state index in [4.69, 9.17) is 5.11 Å². The van der Waals surface area contributed by atoms with Crippen LogP contribution in [0.1, 0.15) is 32.0 Å². The number of aromatic nitrogens is 2. The summed E-state index contributed by atoms with van der Waals surface area (Å²) in [6.45, 7) is 12.9. The molecule has 1 aliphatic rings. The quantitative estimate of drug-likeness (QED) is 0.847. The van der Waals surface area contributed by atoms with Gasteiger partial charge in [-0.2, -0.15) is 5.10 Å². The van der Waals surface area contributed by atoms with Crippen LogP contribution in [0.25, 0.3) is 0 Å². The highest BCUT2D eigenvalue weighted by atomic mass is 16.3. The predicted molar refractivity (Wildman–Crippen MR) is 76.1 cm³/mol. The number of nitrogens with zero attached hydrogens (tertiary/aromatic N) is 3. The number of rotatable bonds is 4. The smallest absolute Gasteiger partial charge is 0.0558 e. The van der Waals surface area contributed by atoms with E-state index in [9.17, 15) is 0 Å². The highest BCUT2D eigenvalue weighted by molar-refractivity contribution is 5.23. The van der Waals surface area contributed by atoms with E-state index in [0.717, 1.165) is 39.3 Å². The molecule has 0 bridgehead atoms. The van der Waals surface area contributed by atoms with Crippen LogP contribution in [0.15, 0.2) is 6.20 Å². The van der Waals surface area contributed by atoms with Crippen molar-refractivity contribution in [2.45, 2.75) is 32.7 Å². The molecule has 2 rings (SSSR count). The van der Waals surface area contributed by atoms with E-state index in [0.29, 0.717) is 0 Å². The molecule has 2 heterocycles. The van der Waals surface area contributed by atoms with Gasteiger partial charge in [-0.1, -0.05) is 20.8 Å². The third kappa shape index (κ3) is 3.78. The second-order valence-corrected chi connectivity index (χ2v) is 6.36. The second-order valence-electron chi connectivity index (χ2n) is 6.36. The normalized spacial score (nSPS) is 18.9. The van der Waals surface area contributed by atoms with E-state index < -0.39 is 0 Å². The number of aliphatic hydroxyl groups is 1. The highest BCUT2D eigenvalue weighted by Crippen LogP contribution is 2.24. The minimum atomic E-state index is 0.116. The molecule has 0 radical (unpaired) electrons. The largest absolute Gasteiger partial charge is 0.395 e. The van der Waals surface area contributed by atoms with Gasteiger partial charge in [0.15, 0.2) is 0 Å². The van der Waals surface area contributed by atoms with Crippen LogP contribution in [0.5, 0.6) is 0 Å². The van der Waals surface area contributed by atoms with Gasteiger partial charge in [-0.15, -0.1) is 0 Å². The maximum atomic E-state index is 8.95. The molecule has 1 aliphatic heterocycles. The standard InChI is InChI=1S/C14H26N4O/c1-14(2,3)13-12(10-15-16-13)11-18-6-4-17(5-7-18)8-9-19/h10,19H,4-9,11H2,1-3H3,(H,15,16). The zero-order valence-electron chi connectivity index (χ0n) is 12.3. The molecule has 108 valence electrons. The first-order valence-electron chi connectivity index (χ1n) is 7.09. The molecule has 2 N–H and O–H groups in total. The summed E-state index contributed by atoms with van der Waals surface area (Å²) in [5.41, 5.74) is 2.67. The van der Waals surface area contributed by atoms with Crippen molar-refractivity contribution >= 4 is 0 Å². The molecule has 19 heavy (non-hydrogen) atoms. The highest BCUT2D eigenvalue weighted by Gasteiger charge is 2.23. The van der Waals surface area contributed by atoms with E-state index in [1.165, 1.54) is 11.3 Å². The lowest BCUT2D eigenvalue weighted by Gasteiger charge is -2.34. The van der Waals surface area contributed by atoms with Crippen molar-refractivity contribution in [2.75, 3.05) is 39.3 Å². The molecule has 0 aliphatic carbocycles. The number of hydrogen-bond donors (Lipinski definition) is 2. The van der Waals surface area contributed by atoms with Crippen LogP contribution >= 0.6 is 0 Å². The third-order valence-electron chi connectivity index (χ3n) is 3.74. The molecule has 0 unspecified atom stereocenters. The van der Waals surface area contributed by atoms with Gasteiger partial charge in [0.25, 0.3) is 0 Å². The molecule has 1 aromatic rings. The number of piperazine rings is 1. The molecule has 0 aromatic carbocycles. The van der Waals surface area contributed by atoms with Crippen molar-refractivity contribution < 1.29 is 5.11 Å². The fraction of sp³-hybridized carbons (Fsp3) is 0.786.